The molecule has 0 N–H and O–H groups in total. The molecule has 0 fully saturated rings. The summed E-state index contributed by atoms with van der Waals surface area (Å²) in [6.45, 7) is 0.969. The first-order valence-corrected chi connectivity index (χ1v) is 9.32. The summed E-state index contributed by atoms with van der Waals surface area (Å²) in [6.07, 6.45) is 5.18. The average Bonchev–Trinajstić information content (AvgIpc) is 2.65. The zero-order chi connectivity index (χ0) is 16.4. The highest BCUT2D eigenvalue weighted by atomic mass is 79.9. The number of nitrogens with zero attached hydrogens (tertiary/aromatic N) is 2. The van der Waals surface area contributed by atoms with Crippen molar-refractivity contribution in [2.45, 2.75) is 13.0 Å². The highest BCUT2D eigenvalue weighted by molar-refractivity contribution is 9.09. The summed E-state index contributed by atoms with van der Waals surface area (Å²) in [4.78, 5) is 4.76. The molecule has 0 aliphatic carbocycles. The van der Waals surface area contributed by atoms with Crippen LogP contribution in [0.2, 0.25) is 0 Å². The Labute approximate surface area is 166 Å². The molecule has 0 bridgehead atoms. The number of halogens is 2. The van der Waals surface area contributed by atoms with E-state index in [-0.39, 0.29) is 17.0 Å². The summed E-state index contributed by atoms with van der Waals surface area (Å²) in [7, 11) is 0. The van der Waals surface area contributed by atoms with E-state index in [1.165, 1.54) is 27.2 Å². The molecule has 0 radical (unpaired) electrons. The molecule has 0 unspecified atom stereocenters. The SMILES string of the molecule is BrCCC[n+]1ccc2ccccc2c1-c1nccc2ccccc12.[Br-]. The molecule has 0 aliphatic heterocycles. The lowest BCUT2D eigenvalue weighted by Crippen LogP contribution is -3.00. The maximum absolute atomic E-state index is 4.76. The van der Waals surface area contributed by atoms with E-state index in [0.29, 0.717) is 0 Å². The van der Waals surface area contributed by atoms with Crippen molar-refractivity contribution >= 4 is 37.5 Å². The fourth-order valence-electron chi connectivity index (χ4n) is 3.25. The zero-order valence-electron chi connectivity index (χ0n) is 13.7. The lowest BCUT2D eigenvalue weighted by Gasteiger charge is -2.09. The Morgan fingerprint density at radius 3 is 2.28 bits per heavy atom. The average molecular weight is 458 g/mol. The van der Waals surface area contributed by atoms with E-state index in [4.69, 9.17) is 4.98 Å². The van der Waals surface area contributed by atoms with Gasteiger partial charge >= 0.3 is 0 Å². The summed E-state index contributed by atoms with van der Waals surface area (Å²) in [5.41, 5.74) is 2.25. The topological polar surface area (TPSA) is 16.8 Å². The zero-order valence-corrected chi connectivity index (χ0v) is 16.9. The van der Waals surface area contributed by atoms with Crippen LogP contribution in [0.5, 0.6) is 0 Å². The van der Waals surface area contributed by atoms with Crippen LogP contribution in [0.25, 0.3) is 32.9 Å². The molecule has 0 spiro atoms. The van der Waals surface area contributed by atoms with E-state index in [0.717, 1.165) is 24.0 Å². The van der Waals surface area contributed by atoms with Crippen molar-refractivity contribution in [1.29, 1.82) is 0 Å². The molecule has 0 atom stereocenters. The Balaban J connectivity index is 0.00000182. The van der Waals surface area contributed by atoms with Crippen molar-refractivity contribution in [1.82, 2.24) is 4.98 Å². The standard InChI is InChI=1S/C21H18BrN2.BrH/c22-12-5-14-24-15-11-17-7-2-4-9-19(17)21(24)20-18-8-3-1-6-16(18)10-13-23-20;/h1-4,6-11,13,15H,5,12,14H2;1H/q+1;/p-1. The largest absolute Gasteiger partial charge is 1.00 e. The van der Waals surface area contributed by atoms with Crippen molar-refractivity contribution in [2.24, 2.45) is 0 Å². The number of aromatic nitrogens is 2. The van der Waals surface area contributed by atoms with E-state index in [1.807, 2.05) is 6.20 Å². The normalized spacial score (nSPS) is 10.8. The second kappa shape index (κ2) is 8.07. The number of hydrogen-bond donors (Lipinski definition) is 0. The molecule has 4 aromatic rings. The van der Waals surface area contributed by atoms with Gasteiger partial charge in [-0.05, 0) is 22.9 Å². The van der Waals surface area contributed by atoms with Gasteiger partial charge in [-0.1, -0.05) is 58.4 Å². The van der Waals surface area contributed by atoms with Crippen LogP contribution >= 0.6 is 15.9 Å². The monoisotopic (exact) mass is 456 g/mol. The van der Waals surface area contributed by atoms with Gasteiger partial charge in [0.05, 0.1) is 5.39 Å². The Hall–Kier alpha value is -1.78. The van der Waals surface area contributed by atoms with Gasteiger partial charge < -0.3 is 17.0 Å². The minimum Gasteiger partial charge on any atom is -1.00 e. The summed E-state index contributed by atoms with van der Waals surface area (Å²) in [6, 6.07) is 21.3. The quantitative estimate of drug-likeness (QED) is 0.339. The van der Waals surface area contributed by atoms with Crippen molar-refractivity contribution < 1.29 is 21.5 Å². The molecule has 4 rings (SSSR count). The maximum Gasteiger partial charge on any atom is 0.239 e. The van der Waals surface area contributed by atoms with Crippen LogP contribution in [0.4, 0.5) is 0 Å². The lowest BCUT2D eigenvalue weighted by atomic mass is 10.0. The number of fused-ring (bicyclic) bond motifs is 2. The van der Waals surface area contributed by atoms with E-state index < -0.39 is 0 Å². The van der Waals surface area contributed by atoms with Gasteiger partial charge in [-0.3, -0.25) is 0 Å². The molecular weight excluding hydrogens is 440 g/mol. The Morgan fingerprint density at radius 2 is 1.52 bits per heavy atom. The number of alkyl halides is 1. The lowest BCUT2D eigenvalue weighted by molar-refractivity contribution is -0.685. The molecule has 2 aromatic carbocycles. The first kappa shape index (κ1) is 18.0. The van der Waals surface area contributed by atoms with Gasteiger partial charge in [-0.15, -0.1) is 0 Å². The van der Waals surface area contributed by atoms with Crippen LogP contribution in [-0.4, -0.2) is 10.3 Å². The van der Waals surface area contributed by atoms with Crippen molar-refractivity contribution in [3.63, 3.8) is 0 Å². The summed E-state index contributed by atoms with van der Waals surface area (Å²) in [5.74, 6) is 0. The summed E-state index contributed by atoms with van der Waals surface area (Å²) in [5, 5.41) is 5.91. The molecule has 25 heavy (non-hydrogen) atoms. The number of hydrogen-bond acceptors (Lipinski definition) is 1. The highest BCUT2D eigenvalue weighted by Crippen LogP contribution is 2.29. The highest BCUT2D eigenvalue weighted by Gasteiger charge is 2.20. The van der Waals surface area contributed by atoms with Gasteiger partial charge in [-0.2, -0.15) is 4.57 Å². The van der Waals surface area contributed by atoms with Crippen molar-refractivity contribution in [3.05, 3.63) is 73.1 Å². The van der Waals surface area contributed by atoms with Crippen LogP contribution in [0.3, 0.4) is 0 Å². The van der Waals surface area contributed by atoms with Gasteiger partial charge in [-0.25, -0.2) is 4.98 Å². The molecular formula is C21H18Br2N2. The molecule has 0 amide bonds. The molecule has 2 aromatic heterocycles. The fraction of sp³-hybridized carbons (Fsp3) is 0.143. The smallest absolute Gasteiger partial charge is 0.239 e. The maximum atomic E-state index is 4.76. The van der Waals surface area contributed by atoms with Crippen LogP contribution in [0.15, 0.2) is 73.1 Å². The second-order valence-corrected chi connectivity index (χ2v) is 6.66. The van der Waals surface area contributed by atoms with Crippen LogP contribution in [0, 0.1) is 0 Å². The van der Waals surface area contributed by atoms with E-state index in [9.17, 15) is 0 Å². The minimum absolute atomic E-state index is 0. The number of aryl methyl sites for hydroxylation is 1. The van der Waals surface area contributed by atoms with Gasteiger partial charge in [0.2, 0.25) is 5.69 Å². The van der Waals surface area contributed by atoms with Crippen LogP contribution in [0.1, 0.15) is 6.42 Å². The molecule has 2 heterocycles. The molecule has 0 aliphatic rings. The summed E-state index contributed by atoms with van der Waals surface area (Å²) >= 11 is 3.55. The predicted molar refractivity (Wildman–Crippen MR) is 103 cm³/mol. The Morgan fingerprint density at radius 1 is 0.840 bits per heavy atom. The molecule has 0 saturated carbocycles. The van der Waals surface area contributed by atoms with Gasteiger partial charge in [0.15, 0.2) is 6.20 Å². The second-order valence-electron chi connectivity index (χ2n) is 5.87. The molecule has 4 heteroatoms. The van der Waals surface area contributed by atoms with Crippen molar-refractivity contribution in [2.75, 3.05) is 5.33 Å². The van der Waals surface area contributed by atoms with Crippen molar-refractivity contribution in [3.8, 4) is 11.4 Å². The number of pyridine rings is 2. The van der Waals surface area contributed by atoms with Gasteiger partial charge in [0.25, 0.3) is 0 Å². The Kier molecular flexibility index (Phi) is 5.82. The number of benzene rings is 2. The fourth-order valence-corrected chi connectivity index (χ4v) is 3.50. The molecule has 2 nitrogen and oxygen atoms in total. The molecule has 0 saturated heterocycles. The van der Waals surface area contributed by atoms with E-state index in [2.05, 4.69) is 87.4 Å². The van der Waals surface area contributed by atoms with E-state index in [1.54, 1.807) is 0 Å². The predicted octanol–water partition coefficient (Wildman–Crippen LogP) is 2.13. The summed E-state index contributed by atoms with van der Waals surface area (Å²) < 4.78 is 2.33. The van der Waals surface area contributed by atoms with Gasteiger partial charge in [0, 0.05) is 29.4 Å². The van der Waals surface area contributed by atoms with Gasteiger partial charge in [0.1, 0.15) is 12.2 Å². The minimum atomic E-state index is 0. The first-order chi connectivity index (χ1) is 11.9. The third-order valence-corrected chi connectivity index (χ3v) is 4.93. The first-order valence-electron chi connectivity index (χ1n) is 8.20. The molecule has 126 valence electrons. The number of rotatable bonds is 4. The third kappa shape index (κ3) is 3.46. The van der Waals surface area contributed by atoms with E-state index >= 15 is 0 Å². The van der Waals surface area contributed by atoms with Crippen LogP contribution in [-0.2, 0) is 6.54 Å². The van der Waals surface area contributed by atoms with Crippen LogP contribution < -0.4 is 21.5 Å². The third-order valence-electron chi connectivity index (χ3n) is 4.37. The Bertz CT molecular complexity index is 1010.